The third kappa shape index (κ3) is 4.90. The van der Waals surface area contributed by atoms with E-state index in [1.54, 1.807) is 37.4 Å². The summed E-state index contributed by atoms with van der Waals surface area (Å²) in [5.41, 5.74) is 2.25. The summed E-state index contributed by atoms with van der Waals surface area (Å²) in [7, 11) is 3.37. The third-order valence-electron chi connectivity index (χ3n) is 3.67. The number of amides is 1. The molecule has 6 nitrogen and oxygen atoms in total. The van der Waals surface area contributed by atoms with Gasteiger partial charge in [0.1, 0.15) is 11.5 Å². The van der Waals surface area contributed by atoms with Crippen molar-refractivity contribution in [1.29, 1.82) is 0 Å². The first-order valence-electron chi connectivity index (χ1n) is 8.09. The molecule has 140 valence electrons. The van der Waals surface area contributed by atoms with Crippen LogP contribution in [0.1, 0.15) is 0 Å². The van der Waals surface area contributed by atoms with Gasteiger partial charge in [-0.3, -0.25) is 4.79 Å². The highest BCUT2D eigenvalue weighted by atomic mass is 35.5. The van der Waals surface area contributed by atoms with E-state index in [2.05, 4.69) is 15.6 Å². The van der Waals surface area contributed by atoms with Crippen LogP contribution in [0.2, 0.25) is 5.02 Å². The van der Waals surface area contributed by atoms with Gasteiger partial charge in [0.15, 0.2) is 11.7 Å². The summed E-state index contributed by atoms with van der Waals surface area (Å²) in [6, 6.07) is 12.3. The molecule has 3 rings (SSSR count). The zero-order valence-corrected chi connectivity index (χ0v) is 16.4. The van der Waals surface area contributed by atoms with E-state index < -0.39 is 0 Å². The van der Waals surface area contributed by atoms with Gasteiger partial charge in [0.2, 0.25) is 0 Å². The van der Waals surface area contributed by atoms with Crippen molar-refractivity contribution in [2.24, 2.45) is 0 Å². The number of methoxy groups -OCH3 is 1. The molecule has 3 aromatic rings. The maximum atomic E-state index is 12.3. The lowest BCUT2D eigenvalue weighted by atomic mass is 10.1. The van der Waals surface area contributed by atoms with Crippen LogP contribution in [-0.2, 0) is 4.79 Å². The highest BCUT2D eigenvalue weighted by molar-refractivity contribution is 7.14. The van der Waals surface area contributed by atoms with Crippen LogP contribution in [0.3, 0.4) is 0 Å². The van der Waals surface area contributed by atoms with Crippen molar-refractivity contribution >= 4 is 39.7 Å². The van der Waals surface area contributed by atoms with E-state index in [9.17, 15) is 4.79 Å². The lowest BCUT2D eigenvalue weighted by Gasteiger charge is -2.12. The number of halogens is 1. The van der Waals surface area contributed by atoms with Crippen LogP contribution in [0.25, 0.3) is 11.3 Å². The Morgan fingerprint density at radius 2 is 2.00 bits per heavy atom. The smallest absolute Gasteiger partial charge is 0.262 e. The second-order valence-corrected chi connectivity index (χ2v) is 6.79. The molecule has 2 N–H and O–H groups in total. The van der Waals surface area contributed by atoms with Gasteiger partial charge < -0.3 is 20.1 Å². The minimum atomic E-state index is -0.297. The maximum absolute atomic E-state index is 12.3. The highest BCUT2D eigenvalue weighted by Gasteiger charge is 2.12. The number of aromatic nitrogens is 1. The Balaban J connectivity index is 1.71. The largest absolute Gasteiger partial charge is 0.495 e. The minimum absolute atomic E-state index is 0.129. The monoisotopic (exact) mass is 403 g/mol. The number of hydrogen-bond donors (Lipinski definition) is 2. The summed E-state index contributed by atoms with van der Waals surface area (Å²) in [6.07, 6.45) is 0. The summed E-state index contributed by atoms with van der Waals surface area (Å²) in [5.74, 6) is 0.828. The zero-order chi connectivity index (χ0) is 19.2. The molecular weight excluding hydrogens is 386 g/mol. The van der Waals surface area contributed by atoms with Gasteiger partial charge in [-0.1, -0.05) is 11.6 Å². The highest BCUT2D eigenvalue weighted by Crippen LogP contribution is 2.32. The standard InChI is InChI=1S/C19H18ClN3O3S/c1-21-19-23-16(11-27-19)12-3-8-17(25-2)15(9-12)22-18(24)10-26-14-6-4-13(20)5-7-14/h3-9,11H,10H2,1-2H3,(H,21,23)(H,22,24). The van der Waals surface area contributed by atoms with Crippen molar-refractivity contribution in [3.8, 4) is 22.8 Å². The summed E-state index contributed by atoms with van der Waals surface area (Å²) >= 11 is 7.34. The molecule has 27 heavy (non-hydrogen) atoms. The van der Waals surface area contributed by atoms with Gasteiger partial charge in [0.25, 0.3) is 5.91 Å². The Morgan fingerprint density at radius 3 is 2.67 bits per heavy atom. The summed E-state index contributed by atoms with van der Waals surface area (Å²) < 4.78 is 10.8. The fourth-order valence-corrected chi connectivity index (χ4v) is 3.16. The Hall–Kier alpha value is -2.77. The minimum Gasteiger partial charge on any atom is -0.495 e. The number of nitrogens with zero attached hydrogens (tertiary/aromatic N) is 1. The predicted molar refractivity (Wildman–Crippen MR) is 109 cm³/mol. The van der Waals surface area contributed by atoms with Gasteiger partial charge in [-0.2, -0.15) is 0 Å². The van der Waals surface area contributed by atoms with E-state index in [-0.39, 0.29) is 12.5 Å². The van der Waals surface area contributed by atoms with Crippen LogP contribution in [-0.4, -0.2) is 31.7 Å². The molecule has 0 spiro atoms. The van der Waals surface area contributed by atoms with Crippen molar-refractivity contribution in [3.05, 3.63) is 52.9 Å². The van der Waals surface area contributed by atoms with Crippen LogP contribution in [0.5, 0.6) is 11.5 Å². The van der Waals surface area contributed by atoms with Crippen molar-refractivity contribution < 1.29 is 14.3 Å². The molecule has 0 radical (unpaired) electrons. The number of hydrogen-bond acceptors (Lipinski definition) is 6. The van der Waals surface area contributed by atoms with Crippen LogP contribution in [0.4, 0.5) is 10.8 Å². The Bertz CT molecular complexity index is 928. The number of benzene rings is 2. The second-order valence-electron chi connectivity index (χ2n) is 5.49. The molecule has 1 heterocycles. The lowest BCUT2D eigenvalue weighted by molar-refractivity contribution is -0.118. The predicted octanol–water partition coefficient (Wildman–Crippen LogP) is 4.53. The number of thiazole rings is 1. The fourth-order valence-electron chi connectivity index (χ4n) is 2.35. The number of nitrogens with one attached hydrogen (secondary N) is 2. The molecule has 0 bridgehead atoms. The molecule has 0 saturated heterocycles. The van der Waals surface area contributed by atoms with Crippen LogP contribution in [0.15, 0.2) is 47.8 Å². The van der Waals surface area contributed by atoms with E-state index >= 15 is 0 Å². The third-order valence-corrected chi connectivity index (χ3v) is 4.78. The average Bonchev–Trinajstić information content (AvgIpc) is 3.17. The van der Waals surface area contributed by atoms with Gasteiger partial charge >= 0.3 is 0 Å². The normalized spacial score (nSPS) is 10.3. The molecule has 0 saturated carbocycles. The SMILES string of the molecule is CNc1nc(-c2ccc(OC)c(NC(=O)COc3ccc(Cl)cc3)c2)cs1. The molecular formula is C19H18ClN3O3S. The number of carbonyl (C=O) groups excluding carboxylic acids is 1. The number of rotatable bonds is 7. The van der Waals surface area contributed by atoms with E-state index in [4.69, 9.17) is 21.1 Å². The molecule has 0 aliphatic carbocycles. The van der Waals surface area contributed by atoms with Crippen molar-refractivity contribution in [2.75, 3.05) is 31.4 Å². The van der Waals surface area contributed by atoms with Gasteiger partial charge in [0, 0.05) is 23.0 Å². The molecule has 0 atom stereocenters. The molecule has 1 amide bonds. The van der Waals surface area contributed by atoms with E-state index in [0.29, 0.717) is 22.2 Å². The molecule has 1 aromatic heterocycles. The van der Waals surface area contributed by atoms with E-state index in [1.165, 1.54) is 11.3 Å². The molecule has 2 aromatic carbocycles. The first kappa shape index (κ1) is 19.0. The zero-order valence-electron chi connectivity index (χ0n) is 14.8. The quantitative estimate of drug-likeness (QED) is 0.606. The first-order valence-corrected chi connectivity index (χ1v) is 9.34. The molecule has 8 heteroatoms. The Labute approximate surface area is 166 Å². The van der Waals surface area contributed by atoms with Crippen LogP contribution >= 0.6 is 22.9 Å². The molecule has 0 unspecified atom stereocenters. The first-order chi connectivity index (χ1) is 13.1. The summed E-state index contributed by atoms with van der Waals surface area (Å²) in [6.45, 7) is -0.129. The Kier molecular flexibility index (Phi) is 6.16. The van der Waals surface area contributed by atoms with Gasteiger partial charge in [0.05, 0.1) is 18.5 Å². The van der Waals surface area contributed by atoms with E-state index in [0.717, 1.165) is 16.4 Å². The second kappa shape index (κ2) is 8.75. The molecule has 0 fully saturated rings. The number of carbonyl (C=O) groups is 1. The molecule has 0 aliphatic heterocycles. The summed E-state index contributed by atoms with van der Waals surface area (Å²) in [4.78, 5) is 16.8. The average molecular weight is 404 g/mol. The molecule has 0 aliphatic rings. The summed E-state index contributed by atoms with van der Waals surface area (Å²) in [5, 5.41) is 9.21. The van der Waals surface area contributed by atoms with Crippen LogP contribution < -0.4 is 20.1 Å². The van der Waals surface area contributed by atoms with Gasteiger partial charge in [-0.05, 0) is 42.5 Å². The lowest BCUT2D eigenvalue weighted by Crippen LogP contribution is -2.20. The van der Waals surface area contributed by atoms with Crippen LogP contribution in [0, 0.1) is 0 Å². The van der Waals surface area contributed by atoms with Crippen molar-refractivity contribution in [1.82, 2.24) is 4.98 Å². The fraction of sp³-hybridized carbons (Fsp3) is 0.158. The van der Waals surface area contributed by atoms with Crippen molar-refractivity contribution in [2.45, 2.75) is 0 Å². The topological polar surface area (TPSA) is 72.5 Å². The van der Waals surface area contributed by atoms with Gasteiger partial charge in [-0.25, -0.2) is 4.98 Å². The number of anilines is 2. The van der Waals surface area contributed by atoms with Gasteiger partial charge in [-0.15, -0.1) is 11.3 Å². The van der Waals surface area contributed by atoms with Crippen molar-refractivity contribution in [3.63, 3.8) is 0 Å². The maximum Gasteiger partial charge on any atom is 0.262 e. The number of ether oxygens (including phenoxy) is 2. The Morgan fingerprint density at radius 1 is 1.22 bits per heavy atom. The van der Waals surface area contributed by atoms with E-state index in [1.807, 2.05) is 24.6 Å².